The zero-order chi connectivity index (χ0) is 12.9. The molecule has 0 atom stereocenters. The monoisotopic (exact) mass is 243 g/mol. The molecule has 5 heteroatoms. The van der Waals surface area contributed by atoms with Crippen LogP contribution in [0.2, 0.25) is 0 Å². The van der Waals surface area contributed by atoms with Crippen LogP contribution in [0.1, 0.15) is 39.5 Å². The van der Waals surface area contributed by atoms with Crippen LogP contribution in [-0.4, -0.2) is 35.7 Å². The Morgan fingerprint density at radius 1 is 1.35 bits per heavy atom. The van der Waals surface area contributed by atoms with Crippen molar-refractivity contribution in [1.82, 2.24) is 5.32 Å². The van der Waals surface area contributed by atoms with Crippen LogP contribution < -0.4 is 5.32 Å². The van der Waals surface area contributed by atoms with E-state index in [9.17, 15) is 9.59 Å². The van der Waals surface area contributed by atoms with Crippen molar-refractivity contribution >= 4 is 11.9 Å². The van der Waals surface area contributed by atoms with Crippen molar-refractivity contribution in [2.75, 3.05) is 13.2 Å². The summed E-state index contributed by atoms with van der Waals surface area (Å²) < 4.78 is 5.20. The molecule has 5 nitrogen and oxygen atoms in total. The van der Waals surface area contributed by atoms with Crippen molar-refractivity contribution < 1.29 is 19.4 Å². The molecule has 0 spiro atoms. The van der Waals surface area contributed by atoms with Crippen LogP contribution in [0.5, 0.6) is 0 Å². The van der Waals surface area contributed by atoms with E-state index in [-0.39, 0.29) is 18.2 Å². The standard InChI is InChI=1S/C12H21NO4/c1-12(2,6-3-10(14)15)13-11(16)9-4-7-17-8-5-9/h9H,3-8H2,1-2H3,(H,13,16)(H,14,15). The Hall–Kier alpha value is -1.10. The van der Waals surface area contributed by atoms with Crippen LogP contribution in [0, 0.1) is 5.92 Å². The molecule has 1 aliphatic heterocycles. The summed E-state index contributed by atoms with van der Waals surface area (Å²) in [5.74, 6) is -0.810. The number of carboxylic acids is 1. The molecule has 1 fully saturated rings. The van der Waals surface area contributed by atoms with E-state index in [4.69, 9.17) is 9.84 Å². The number of carbonyl (C=O) groups is 2. The van der Waals surface area contributed by atoms with Crippen LogP contribution >= 0.6 is 0 Å². The molecule has 1 heterocycles. The minimum atomic E-state index is -0.835. The summed E-state index contributed by atoms with van der Waals surface area (Å²) in [6.07, 6.45) is 2.01. The van der Waals surface area contributed by atoms with Crippen LogP contribution in [0.3, 0.4) is 0 Å². The zero-order valence-corrected chi connectivity index (χ0v) is 10.5. The van der Waals surface area contributed by atoms with E-state index in [2.05, 4.69) is 5.32 Å². The molecule has 0 unspecified atom stereocenters. The van der Waals surface area contributed by atoms with Crippen molar-refractivity contribution in [2.45, 2.75) is 45.1 Å². The first-order valence-corrected chi connectivity index (χ1v) is 6.02. The van der Waals surface area contributed by atoms with E-state index in [0.29, 0.717) is 19.6 Å². The number of amides is 1. The first-order chi connectivity index (χ1) is 7.91. The number of aliphatic carboxylic acids is 1. The predicted octanol–water partition coefficient (Wildman–Crippen LogP) is 1.17. The Bertz CT molecular complexity index is 282. The molecule has 0 aliphatic carbocycles. The van der Waals surface area contributed by atoms with Gasteiger partial charge in [0.2, 0.25) is 5.91 Å². The Morgan fingerprint density at radius 3 is 2.47 bits per heavy atom. The lowest BCUT2D eigenvalue weighted by molar-refractivity contribution is -0.138. The molecule has 1 aliphatic rings. The fourth-order valence-electron chi connectivity index (χ4n) is 1.88. The molecule has 1 rings (SSSR count). The third kappa shape index (κ3) is 5.17. The van der Waals surface area contributed by atoms with Gasteiger partial charge in [0, 0.05) is 31.1 Å². The molecule has 0 aromatic heterocycles. The van der Waals surface area contributed by atoms with Gasteiger partial charge in [-0.2, -0.15) is 0 Å². The Labute approximate surface area is 102 Å². The third-order valence-electron chi connectivity index (χ3n) is 3.02. The van der Waals surface area contributed by atoms with Gasteiger partial charge >= 0.3 is 5.97 Å². The minimum Gasteiger partial charge on any atom is -0.481 e. The maximum atomic E-state index is 11.9. The van der Waals surface area contributed by atoms with E-state index in [0.717, 1.165) is 12.8 Å². The van der Waals surface area contributed by atoms with Gasteiger partial charge in [0.1, 0.15) is 0 Å². The first kappa shape index (κ1) is 14.0. The second-order valence-corrected chi connectivity index (χ2v) is 5.15. The van der Waals surface area contributed by atoms with Crippen molar-refractivity contribution in [3.63, 3.8) is 0 Å². The summed E-state index contributed by atoms with van der Waals surface area (Å²) in [5, 5.41) is 11.6. The highest BCUT2D eigenvalue weighted by Gasteiger charge is 2.27. The van der Waals surface area contributed by atoms with E-state index < -0.39 is 11.5 Å². The van der Waals surface area contributed by atoms with E-state index in [1.54, 1.807) is 0 Å². The molecule has 0 saturated carbocycles. The molecule has 1 saturated heterocycles. The minimum absolute atomic E-state index is 0.00727. The van der Waals surface area contributed by atoms with Crippen LogP contribution in [0.4, 0.5) is 0 Å². The lowest BCUT2D eigenvalue weighted by Crippen LogP contribution is -2.47. The van der Waals surface area contributed by atoms with Gasteiger partial charge in [0.05, 0.1) is 0 Å². The lowest BCUT2D eigenvalue weighted by atomic mass is 9.94. The molecule has 0 bridgehead atoms. The predicted molar refractivity (Wildman–Crippen MR) is 62.6 cm³/mol. The van der Waals surface area contributed by atoms with Crippen LogP contribution in [0.25, 0.3) is 0 Å². The van der Waals surface area contributed by atoms with Crippen LogP contribution in [-0.2, 0) is 14.3 Å². The molecule has 0 aromatic rings. The molecule has 0 radical (unpaired) electrons. The zero-order valence-electron chi connectivity index (χ0n) is 10.5. The average Bonchev–Trinajstić information content (AvgIpc) is 2.27. The number of rotatable bonds is 5. The molecule has 0 aromatic carbocycles. The highest BCUT2D eigenvalue weighted by Crippen LogP contribution is 2.18. The van der Waals surface area contributed by atoms with Crippen molar-refractivity contribution in [2.24, 2.45) is 5.92 Å². The number of ether oxygens (including phenoxy) is 1. The highest BCUT2D eigenvalue weighted by atomic mass is 16.5. The average molecular weight is 243 g/mol. The summed E-state index contributed by atoms with van der Waals surface area (Å²) in [5.41, 5.74) is -0.465. The second kappa shape index (κ2) is 6.00. The number of carboxylic acid groups (broad SMARTS) is 1. The van der Waals surface area contributed by atoms with Gasteiger partial charge in [-0.25, -0.2) is 0 Å². The number of hydrogen-bond donors (Lipinski definition) is 2. The number of hydrogen-bond acceptors (Lipinski definition) is 3. The summed E-state index contributed by atoms with van der Waals surface area (Å²) in [7, 11) is 0. The van der Waals surface area contributed by atoms with Gasteiger partial charge in [-0.3, -0.25) is 9.59 Å². The molecule has 1 amide bonds. The first-order valence-electron chi connectivity index (χ1n) is 6.02. The SMILES string of the molecule is CC(C)(CCC(=O)O)NC(=O)C1CCOCC1. The fraction of sp³-hybridized carbons (Fsp3) is 0.833. The van der Waals surface area contributed by atoms with Gasteiger partial charge in [0.25, 0.3) is 0 Å². The van der Waals surface area contributed by atoms with Gasteiger partial charge in [-0.15, -0.1) is 0 Å². The van der Waals surface area contributed by atoms with Gasteiger partial charge in [-0.05, 0) is 33.1 Å². The summed E-state index contributed by atoms with van der Waals surface area (Å²) in [6, 6.07) is 0. The maximum Gasteiger partial charge on any atom is 0.303 e. The quantitative estimate of drug-likeness (QED) is 0.760. The number of carbonyl (C=O) groups excluding carboxylic acids is 1. The van der Waals surface area contributed by atoms with E-state index in [1.807, 2.05) is 13.8 Å². The topological polar surface area (TPSA) is 75.6 Å². The largest absolute Gasteiger partial charge is 0.481 e. The summed E-state index contributed by atoms with van der Waals surface area (Å²) in [4.78, 5) is 22.4. The Balaban J connectivity index is 2.39. The van der Waals surface area contributed by atoms with Crippen molar-refractivity contribution in [1.29, 1.82) is 0 Å². The Kier molecular flexibility index (Phi) is 4.93. The van der Waals surface area contributed by atoms with E-state index in [1.165, 1.54) is 0 Å². The van der Waals surface area contributed by atoms with Crippen molar-refractivity contribution in [3.05, 3.63) is 0 Å². The van der Waals surface area contributed by atoms with Crippen LogP contribution in [0.15, 0.2) is 0 Å². The second-order valence-electron chi connectivity index (χ2n) is 5.15. The fourth-order valence-corrected chi connectivity index (χ4v) is 1.88. The molecule has 2 N–H and O–H groups in total. The smallest absolute Gasteiger partial charge is 0.303 e. The summed E-state index contributed by atoms with van der Waals surface area (Å²) >= 11 is 0. The van der Waals surface area contributed by atoms with E-state index >= 15 is 0 Å². The normalized spacial score (nSPS) is 17.8. The molecule has 17 heavy (non-hydrogen) atoms. The third-order valence-corrected chi connectivity index (χ3v) is 3.02. The highest BCUT2D eigenvalue weighted by molar-refractivity contribution is 5.79. The summed E-state index contributed by atoms with van der Waals surface area (Å²) in [6.45, 7) is 4.97. The molecular formula is C12H21NO4. The Morgan fingerprint density at radius 2 is 1.94 bits per heavy atom. The molecule has 98 valence electrons. The lowest BCUT2D eigenvalue weighted by Gasteiger charge is -2.29. The number of nitrogens with one attached hydrogen (secondary N) is 1. The van der Waals surface area contributed by atoms with Gasteiger partial charge < -0.3 is 15.2 Å². The van der Waals surface area contributed by atoms with Gasteiger partial charge in [-0.1, -0.05) is 0 Å². The molecular weight excluding hydrogens is 222 g/mol. The van der Waals surface area contributed by atoms with Crippen molar-refractivity contribution in [3.8, 4) is 0 Å². The van der Waals surface area contributed by atoms with Gasteiger partial charge in [0.15, 0.2) is 0 Å². The maximum absolute atomic E-state index is 11.9.